The summed E-state index contributed by atoms with van der Waals surface area (Å²) in [6, 6.07) is 5.31. The fourth-order valence-corrected chi connectivity index (χ4v) is 3.70. The summed E-state index contributed by atoms with van der Waals surface area (Å²) in [6.45, 7) is 7.49. The summed E-state index contributed by atoms with van der Waals surface area (Å²) in [5, 5.41) is 16.2. The summed E-state index contributed by atoms with van der Waals surface area (Å²) >= 11 is 0. The van der Waals surface area contributed by atoms with E-state index in [9.17, 15) is 9.50 Å². The van der Waals surface area contributed by atoms with E-state index in [0.29, 0.717) is 51.4 Å². The molecule has 2 heterocycles. The molecule has 2 fully saturated rings. The first-order chi connectivity index (χ1) is 14.7. The summed E-state index contributed by atoms with van der Waals surface area (Å²) < 4.78 is 25.7. The average Bonchev–Trinajstić information content (AvgIpc) is 3.26. The van der Waals surface area contributed by atoms with E-state index in [1.165, 1.54) is 0 Å². The number of hydrogen-bond acceptors (Lipinski definition) is 5. The molecule has 7 nitrogen and oxygen atoms in total. The van der Waals surface area contributed by atoms with Gasteiger partial charge in [0.25, 0.3) is 0 Å². The molecule has 1 aromatic carbocycles. The molecule has 2 saturated heterocycles. The maximum atomic E-state index is 14.6. The Kier molecular flexibility index (Phi) is 9.17. The molecule has 0 spiro atoms. The molecule has 2 aliphatic rings. The van der Waals surface area contributed by atoms with E-state index in [2.05, 4.69) is 15.6 Å². The van der Waals surface area contributed by atoms with Crippen molar-refractivity contribution in [1.82, 2.24) is 10.6 Å². The van der Waals surface area contributed by atoms with Crippen LogP contribution in [0.2, 0.25) is 0 Å². The van der Waals surface area contributed by atoms with E-state index >= 15 is 0 Å². The van der Waals surface area contributed by atoms with Crippen molar-refractivity contribution in [3.8, 4) is 0 Å². The summed E-state index contributed by atoms with van der Waals surface area (Å²) in [5.41, 5.74) is 1.43. The van der Waals surface area contributed by atoms with Crippen molar-refractivity contribution in [3.63, 3.8) is 0 Å². The Balaban J connectivity index is 1.45. The molecule has 3 N–H and O–H groups in total. The highest BCUT2D eigenvalue weighted by Gasteiger charge is 2.19. The first-order valence-electron chi connectivity index (χ1n) is 11.1. The molecule has 0 aromatic heterocycles. The molecule has 0 aliphatic carbocycles. The number of guanidine groups is 1. The number of aliphatic imine (C=N–C) groups is 1. The van der Waals surface area contributed by atoms with Crippen molar-refractivity contribution >= 4 is 11.6 Å². The summed E-state index contributed by atoms with van der Waals surface area (Å²) in [7, 11) is 0. The Morgan fingerprint density at radius 3 is 2.83 bits per heavy atom. The lowest BCUT2D eigenvalue weighted by atomic mass is 10.1. The van der Waals surface area contributed by atoms with Crippen molar-refractivity contribution in [2.75, 3.05) is 50.9 Å². The highest BCUT2D eigenvalue weighted by molar-refractivity contribution is 5.79. The maximum absolute atomic E-state index is 14.6. The molecular formula is C22H35FN4O3. The number of aliphatic hydroxyl groups is 1. The number of anilines is 1. The minimum Gasteiger partial charge on any atom is -0.393 e. The second-order valence-corrected chi connectivity index (χ2v) is 7.84. The first-order valence-corrected chi connectivity index (χ1v) is 11.1. The highest BCUT2D eigenvalue weighted by atomic mass is 19.1. The molecule has 1 atom stereocenters. The van der Waals surface area contributed by atoms with Gasteiger partial charge < -0.3 is 30.1 Å². The molecule has 168 valence electrons. The number of ether oxygens (including phenoxy) is 2. The average molecular weight is 423 g/mol. The van der Waals surface area contributed by atoms with Crippen LogP contribution in [0.25, 0.3) is 0 Å². The summed E-state index contributed by atoms with van der Waals surface area (Å²) in [5.74, 6) is 0.487. The van der Waals surface area contributed by atoms with Crippen LogP contribution in [-0.2, 0) is 16.0 Å². The first kappa shape index (κ1) is 22.8. The van der Waals surface area contributed by atoms with E-state index in [1.807, 2.05) is 24.0 Å². The zero-order valence-electron chi connectivity index (χ0n) is 17.9. The van der Waals surface area contributed by atoms with Crippen molar-refractivity contribution < 1.29 is 19.0 Å². The quantitative estimate of drug-likeness (QED) is 0.321. The number of benzene rings is 1. The van der Waals surface area contributed by atoms with Crippen molar-refractivity contribution in [2.45, 2.75) is 51.4 Å². The Bertz CT molecular complexity index is 674. The molecule has 0 bridgehead atoms. The number of piperidine rings is 1. The van der Waals surface area contributed by atoms with Crippen LogP contribution in [0, 0.1) is 5.82 Å². The van der Waals surface area contributed by atoms with Gasteiger partial charge in [-0.25, -0.2) is 9.38 Å². The maximum Gasteiger partial charge on any atom is 0.191 e. The van der Waals surface area contributed by atoms with Gasteiger partial charge in [0.15, 0.2) is 5.96 Å². The minimum absolute atomic E-state index is 0.231. The molecule has 0 saturated carbocycles. The fourth-order valence-electron chi connectivity index (χ4n) is 3.70. The van der Waals surface area contributed by atoms with Crippen LogP contribution in [0.4, 0.5) is 10.1 Å². The highest BCUT2D eigenvalue weighted by Crippen LogP contribution is 2.24. The van der Waals surface area contributed by atoms with Crippen LogP contribution in [0.1, 0.15) is 38.2 Å². The number of hydrogen-bond donors (Lipinski definition) is 3. The molecule has 0 amide bonds. The minimum atomic E-state index is -0.266. The number of halogens is 1. The molecule has 3 rings (SSSR count). The predicted molar refractivity (Wildman–Crippen MR) is 116 cm³/mol. The van der Waals surface area contributed by atoms with Crippen molar-refractivity contribution in [1.29, 1.82) is 0 Å². The van der Waals surface area contributed by atoms with Gasteiger partial charge in [-0.1, -0.05) is 6.07 Å². The number of nitrogens with one attached hydrogen (secondary N) is 2. The van der Waals surface area contributed by atoms with Gasteiger partial charge in [0.2, 0.25) is 0 Å². The van der Waals surface area contributed by atoms with Crippen LogP contribution >= 0.6 is 0 Å². The Morgan fingerprint density at radius 2 is 2.13 bits per heavy atom. The second kappa shape index (κ2) is 12.1. The molecule has 8 heteroatoms. The Hall–Kier alpha value is -1.90. The fraction of sp³-hybridized carbons (Fsp3) is 0.682. The van der Waals surface area contributed by atoms with Crippen molar-refractivity contribution in [3.05, 3.63) is 29.6 Å². The van der Waals surface area contributed by atoms with Crippen LogP contribution in [0.5, 0.6) is 0 Å². The van der Waals surface area contributed by atoms with Gasteiger partial charge in [0, 0.05) is 39.4 Å². The van der Waals surface area contributed by atoms with Crippen LogP contribution in [0.3, 0.4) is 0 Å². The van der Waals surface area contributed by atoms with E-state index in [1.54, 1.807) is 6.07 Å². The third kappa shape index (κ3) is 7.11. The molecule has 2 aliphatic heterocycles. The zero-order chi connectivity index (χ0) is 21.2. The molecule has 1 aromatic rings. The SMILES string of the molecule is CCNC(=NCc1ccc(N2CCC(O)CC2)c(F)c1)NCCCOC1CCOC1. The molecular weight excluding hydrogens is 387 g/mol. The summed E-state index contributed by atoms with van der Waals surface area (Å²) in [6.07, 6.45) is 3.20. The van der Waals surface area contributed by atoms with Gasteiger partial charge in [-0.15, -0.1) is 0 Å². The lowest BCUT2D eigenvalue weighted by molar-refractivity contribution is 0.0420. The largest absolute Gasteiger partial charge is 0.393 e. The van der Waals surface area contributed by atoms with E-state index < -0.39 is 0 Å². The third-order valence-electron chi connectivity index (χ3n) is 5.44. The van der Waals surface area contributed by atoms with Crippen LogP contribution in [-0.4, -0.2) is 69.3 Å². The molecule has 0 radical (unpaired) electrons. The Morgan fingerprint density at radius 1 is 1.30 bits per heavy atom. The van der Waals surface area contributed by atoms with Gasteiger partial charge in [-0.3, -0.25) is 0 Å². The topological polar surface area (TPSA) is 78.4 Å². The smallest absolute Gasteiger partial charge is 0.191 e. The van der Waals surface area contributed by atoms with Gasteiger partial charge in [-0.05, 0) is 50.3 Å². The number of rotatable bonds is 9. The standard InChI is InChI=1S/C22H35FN4O3/c1-2-24-22(25-9-3-12-30-19-8-13-29-16-19)26-15-17-4-5-21(20(23)14-17)27-10-6-18(28)7-11-27/h4-5,14,18-19,28H,2-3,6-13,15-16H2,1H3,(H2,24,25,26). The predicted octanol–water partition coefficient (Wildman–Crippen LogP) is 2.04. The van der Waals surface area contributed by atoms with Gasteiger partial charge in [-0.2, -0.15) is 0 Å². The molecule has 1 unspecified atom stereocenters. The normalized spacial score (nSPS) is 20.6. The zero-order valence-corrected chi connectivity index (χ0v) is 17.9. The summed E-state index contributed by atoms with van der Waals surface area (Å²) in [4.78, 5) is 6.57. The number of nitrogens with zero attached hydrogens (tertiary/aromatic N) is 2. The Labute approximate surface area is 178 Å². The van der Waals surface area contributed by atoms with Crippen molar-refractivity contribution in [2.24, 2.45) is 4.99 Å². The second-order valence-electron chi connectivity index (χ2n) is 7.84. The third-order valence-corrected chi connectivity index (χ3v) is 5.44. The van der Waals surface area contributed by atoms with E-state index in [0.717, 1.165) is 44.1 Å². The monoisotopic (exact) mass is 422 g/mol. The van der Waals surface area contributed by atoms with E-state index in [4.69, 9.17) is 9.47 Å². The van der Waals surface area contributed by atoms with Gasteiger partial charge >= 0.3 is 0 Å². The van der Waals surface area contributed by atoms with Crippen LogP contribution < -0.4 is 15.5 Å². The van der Waals surface area contributed by atoms with Crippen LogP contribution in [0.15, 0.2) is 23.2 Å². The lowest BCUT2D eigenvalue weighted by Gasteiger charge is -2.31. The molecule has 30 heavy (non-hydrogen) atoms. The number of aliphatic hydroxyl groups excluding tert-OH is 1. The van der Waals surface area contributed by atoms with E-state index in [-0.39, 0.29) is 18.0 Å². The van der Waals surface area contributed by atoms with Gasteiger partial charge in [0.1, 0.15) is 5.82 Å². The lowest BCUT2D eigenvalue weighted by Crippen LogP contribution is -2.38. The van der Waals surface area contributed by atoms with Gasteiger partial charge in [0.05, 0.1) is 31.0 Å².